The second-order valence-corrected chi connectivity index (χ2v) is 8.92. The molecule has 0 saturated heterocycles. The fourth-order valence-corrected chi connectivity index (χ4v) is 4.50. The van der Waals surface area contributed by atoms with Gasteiger partial charge in [0.25, 0.3) is 5.91 Å². The minimum absolute atomic E-state index is 0. The van der Waals surface area contributed by atoms with Crippen molar-refractivity contribution in [2.24, 2.45) is 0 Å². The molecule has 0 unspecified atom stereocenters. The number of hydrogen-bond acceptors (Lipinski definition) is 5. The van der Waals surface area contributed by atoms with Crippen LogP contribution in [0.1, 0.15) is 9.67 Å². The molecule has 134 valence electrons. The van der Waals surface area contributed by atoms with Crippen LogP contribution in [-0.4, -0.2) is 43.0 Å². The van der Waals surface area contributed by atoms with Gasteiger partial charge < -0.3 is 4.90 Å². The molecule has 3 rings (SSSR count). The Kier molecular flexibility index (Phi) is 6.93. The lowest BCUT2D eigenvalue weighted by molar-refractivity contribution is 0.0989. The van der Waals surface area contributed by atoms with Crippen molar-refractivity contribution in [1.82, 2.24) is 9.88 Å². The zero-order chi connectivity index (χ0) is 17.3. The number of fused-ring (bicyclic) bond motifs is 1. The van der Waals surface area contributed by atoms with Crippen LogP contribution < -0.4 is 4.90 Å². The number of carbonyl (C=O) groups excluding carboxylic acids is 1. The van der Waals surface area contributed by atoms with Gasteiger partial charge in [0.2, 0.25) is 0 Å². The van der Waals surface area contributed by atoms with Gasteiger partial charge in [-0.05, 0) is 54.3 Å². The highest BCUT2D eigenvalue weighted by Gasteiger charge is 2.23. The number of carbonyl (C=O) groups is 1. The summed E-state index contributed by atoms with van der Waals surface area (Å²) in [5.41, 5.74) is 0.313. The number of para-hydroxylation sites is 1. The fourth-order valence-electron chi connectivity index (χ4n) is 2.16. The van der Waals surface area contributed by atoms with Crippen LogP contribution in [0.25, 0.3) is 10.2 Å². The maximum atomic E-state index is 13.9. The Labute approximate surface area is 167 Å². The highest BCUT2D eigenvalue weighted by atomic mass is 79.9. The predicted octanol–water partition coefficient (Wildman–Crippen LogP) is 4.89. The average Bonchev–Trinajstić information content (AvgIpc) is 3.14. The Balaban J connectivity index is 0.00000225. The summed E-state index contributed by atoms with van der Waals surface area (Å²) in [4.78, 5) is 21.5. The molecule has 2 aromatic heterocycles. The van der Waals surface area contributed by atoms with Crippen LogP contribution in [-0.2, 0) is 0 Å². The van der Waals surface area contributed by atoms with Crippen molar-refractivity contribution in [3.63, 3.8) is 0 Å². The predicted molar refractivity (Wildman–Crippen MR) is 109 cm³/mol. The normalized spacial score (nSPS) is 10.9. The molecule has 0 radical (unpaired) electrons. The standard InChI is InChI=1S/C16H15BrFN3OS2.ClH/c1-20(2)8-9-21(15(22)12-6-7-13(17)23-12)16-19-14-10(18)4-3-5-11(14)24-16;/h3-7H,8-9H2,1-2H3;1H. The van der Waals surface area contributed by atoms with Crippen LogP contribution in [0.3, 0.4) is 0 Å². The smallest absolute Gasteiger partial charge is 0.270 e. The number of thiazole rings is 1. The summed E-state index contributed by atoms with van der Waals surface area (Å²) < 4.78 is 15.6. The number of anilines is 1. The molecule has 3 aromatic rings. The molecule has 0 saturated carbocycles. The topological polar surface area (TPSA) is 36.4 Å². The summed E-state index contributed by atoms with van der Waals surface area (Å²) in [6.45, 7) is 1.18. The van der Waals surface area contributed by atoms with Gasteiger partial charge in [-0.1, -0.05) is 17.4 Å². The van der Waals surface area contributed by atoms with E-state index in [2.05, 4.69) is 20.9 Å². The molecule has 0 aliphatic heterocycles. The Bertz CT molecular complexity index is 883. The van der Waals surface area contributed by atoms with E-state index in [1.807, 2.05) is 31.1 Å². The van der Waals surface area contributed by atoms with Crippen molar-refractivity contribution in [3.8, 4) is 0 Å². The lowest BCUT2D eigenvalue weighted by Crippen LogP contribution is -2.36. The van der Waals surface area contributed by atoms with Crippen LogP contribution in [0.4, 0.5) is 9.52 Å². The summed E-state index contributed by atoms with van der Waals surface area (Å²) in [6.07, 6.45) is 0. The quantitative estimate of drug-likeness (QED) is 0.539. The number of thiophene rings is 1. The number of amides is 1. The van der Waals surface area contributed by atoms with Crippen molar-refractivity contribution >= 4 is 72.3 Å². The first-order chi connectivity index (χ1) is 11.5. The molecule has 1 amide bonds. The largest absolute Gasteiger partial charge is 0.308 e. The third kappa shape index (κ3) is 4.57. The Hall–Kier alpha value is -1.06. The van der Waals surface area contributed by atoms with E-state index in [0.717, 1.165) is 8.49 Å². The highest BCUT2D eigenvalue weighted by molar-refractivity contribution is 9.11. The van der Waals surface area contributed by atoms with Gasteiger partial charge in [0.15, 0.2) is 5.13 Å². The van der Waals surface area contributed by atoms with E-state index in [1.165, 1.54) is 28.7 Å². The second kappa shape index (κ2) is 8.55. The lowest BCUT2D eigenvalue weighted by Gasteiger charge is -2.21. The van der Waals surface area contributed by atoms with Crippen molar-refractivity contribution in [2.75, 3.05) is 32.1 Å². The first kappa shape index (κ1) is 20.3. The molecule has 0 bridgehead atoms. The molecule has 0 aliphatic carbocycles. The molecule has 4 nitrogen and oxygen atoms in total. The van der Waals surface area contributed by atoms with Gasteiger partial charge in [-0.3, -0.25) is 9.69 Å². The summed E-state index contributed by atoms with van der Waals surface area (Å²) in [5.74, 6) is -0.485. The van der Waals surface area contributed by atoms with Gasteiger partial charge in [0, 0.05) is 13.1 Å². The molecule has 1 aromatic carbocycles. The summed E-state index contributed by atoms with van der Waals surface area (Å²) >= 11 is 6.09. The van der Waals surface area contributed by atoms with Gasteiger partial charge in [0.05, 0.1) is 13.4 Å². The molecule has 25 heavy (non-hydrogen) atoms. The minimum atomic E-state index is -0.367. The Morgan fingerprint density at radius 3 is 2.56 bits per heavy atom. The third-order valence-corrected chi connectivity index (χ3v) is 6.04. The average molecular weight is 465 g/mol. The van der Waals surface area contributed by atoms with E-state index in [0.29, 0.717) is 28.6 Å². The monoisotopic (exact) mass is 463 g/mol. The number of benzene rings is 1. The van der Waals surface area contributed by atoms with Crippen LogP contribution in [0.2, 0.25) is 0 Å². The van der Waals surface area contributed by atoms with Crippen LogP contribution >= 0.6 is 51.0 Å². The molecule has 0 N–H and O–H groups in total. The number of halogens is 3. The van der Waals surface area contributed by atoms with Crippen LogP contribution in [0.15, 0.2) is 34.1 Å². The van der Waals surface area contributed by atoms with E-state index in [-0.39, 0.29) is 24.1 Å². The zero-order valence-corrected chi connectivity index (χ0v) is 17.6. The molecule has 9 heteroatoms. The van der Waals surface area contributed by atoms with Gasteiger partial charge in [0.1, 0.15) is 11.3 Å². The highest BCUT2D eigenvalue weighted by Crippen LogP contribution is 2.32. The SMILES string of the molecule is CN(C)CCN(C(=O)c1ccc(Br)s1)c1nc2c(F)cccc2s1.Cl. The molecule has 0 aliphatic rings. The second-order valence-electron chi connectivity index (χ2n) is 5.45. The third-order valence-electron chi connectivity index (χ3n) is 3.39. The van der Waals surface area contributed by atoms with Crippen molar-refractivity contribution < 1.29 is 9.18 Å². The number of likely N-dealkylation sites (N-methyl/N-ethyl adjacent to an activating group) is 1. The Morgan fingerprint density at radius 1 is 1.20 bits per heavy atom. The summed E-state index contributed by atoms with van der Waals surface area (Å²) in [5, 5.41) is 0.520. The molecule has 0 atom stereocenters. The van der Waals surface area contributed by atoms with E-state index in [9.17, 15) is 9.18 Å². The van der Waals surface area contributed by atoms with Gasteiger partial charge in [-0.15, -0.1) is 23.7 Å². The number of rotatable bonds is 5. The van der Waals surface area contributed by atoms with E-state index in [4.69, 9.17) is 0 Å². The van der Waals surface area contributed by atoms with Gasteiger partial charge in [-0.25, -0.2) is 9.37 Å². The number of aromatic nitrogens is 1. The molecular formula is C16H16BrClFN3OS2. The van der Waals surface area contributed by atoms with Crippen molar-refractivity contribution in [2.45, 2.75) is 0 Å². The fraction of sp³-hybridized carbons (Fsp3) is 0.250. The van der Waals surface area contributed by atoms with E-state index >= 15 is 0 Å². The summed E-state index contributed by atoms with van der Waals surface area (Å²) in [7, 11) is 3.89. The number of hydrogen-bond donors (Lipinski definition) is 0. The minimum Gasteiger partial charge on any atom is -0.308 e. The van der Waals surface area contributed by atoms with Crippen LogP contribution in [0.5, 0.6) is 0 Å². The molecule has 0 fully saturated rings. The van der Waals surface area contributed by atoms with E-state index in [1.54, 1.807) is 17.0 Å². The van der Waals surface area contributed by atoms with Crippen LogP contribution in [0, 0.1) is 5.82 Å². The first-order valence-electron chi connectivity index (χ1n) is 7.22. The number of nitrogens with zero attached hydrogens (tertiary/aromatic N) is 3. The maximum Gasteiger partial charge on any atom is 0.270 e. The first-order valence-corrected chi connectivity index (χ1v) is 9.65. The van der Waals surface area contributed by atoms with Crippen molar-refractivity contribution in [1.29, 1.82) is 0 Å². The zero-order valence-electron chi connectivity index (χ0n) is 13.5. The lowest BCUT2D eigenvalue weighted by atomic mass is 10.3. The van der Waals surface area contributed by atoms with Crippen molar-refractivity contribution in [3.05, 3.63) is 44.8 Å². The maximum absolute atomic E-state index is 13.9. The molecular weight excluding hydrogens is 449 g/mol. The summed E-state index contributed by atoms with van der Waals surface area (Å²) in [6, 6.07) is 8.49. The van der Waals surface area contributed by atoms with Gasteiger partial charge >= 0.3 is 0 Å². The van der Waals surface area contributed by atoms with E-state index < -0.39 is 0 Å². The molecule has 0 spiro atoms. The molecule has 2 heterocycles. The van der Waals surface area contributed by atoms with Gasteiger partial charge in [-0.2, -0.15) is 0 Å². The Morgan fingerprint density at radius 2 is 1.96 bits per heavy atom.